The van der Waals surface area contributed by atoms with Gasteiger partial charge in [-0.3, -0.25) is 0 Å². The van der Waals surface area contributed by atoms with E-state index in [-0.39, 0.29) is 5.41 Å². The molecule has 2 atom stereocenters. The van der Waals surface area contributed by atoms with Crippen molar-refractivity contribution >= 4 is 0 Å². The average Bonchev–Trinajstić information content (AvgIpc) is 1.83. The van der Waals surface area contributed by atoms with Crippen molar-refractivity contribution in [1.82, 2.24) is 0 Å². The average molecular weight is 141 g/mol. The summed E-state index contributed by atoms with van der Waals surface area (Å²) in [5, 5.41) is 0. The van der Waals surface area contributed by atoms with Crippen molar-refractivity contribution in [3.63, 3.8) is 0 Å². The molecule has 61 valence electrons. The van der Waals surface area contributed by atoms with E-state index in [0.29, 0.717) is 0 Å². The summed E-state index contributed by atoms with van der Waals surface area (Å²) in [4.78, 5) is 0. The van der Waals surface area contributed by atoms with Gasteiger partial charge in [0, 0.05) is 0 Å². The van der Waals surface area contributed by atoms with Crippen LogP contribution < -0.4 is 0 Å². The van der Waals surface area contributed by atoms with E-state index in [9.17, 15) is 0 Å². The molecule has 10 heavy (non-hydrogen) atoms. The van der Waals surface area contributed by atoms with Crippen molar-refractivity contribution < 1.29 is 0 Å². The van der Waals surface area contributed by atoms with Gasteiger partial charge in [0.1, 0.15) is 0 Å². The van der Waals surface area contributed by atoms with E-state index in [1.807, 2.05) is 0 Å². The third-order valence-corrected chi connectivity index (χ3v) is 2.73. The Labute approximate surface area is 66.0 Å². The smallest absolute Gasteiger partial charge is 0.0326 e. The lowest BCUT2D eigenvalue weighted by molar-refractivity contribution is 0.213. The van der Waals surface area contributed by atoms with E-state index < -0.39 is 0 Å². The topological polar surface area (TPSA) is 0 Å². The predicted octanol–water partition coefficient (Wildman–Crippen LogP) is 3.53. The summed E-state index contributed by atoms with van der Waals surface area (Å²) in [6.45, 7) is 15.4. The first-order valence-electron chi connectivity index (χ1n) is 4.25. The van der Waals surface area contributed by atoms with Crippen molar-refractivity contribution in [3.05, 3.63) is 6.92 Å². The molecule has 0 aromatic rings. The van der Waals surface area contributed by atoms with Gasteiger partial charge in [-0.15, -0.1) is 0 Å². The first kappa shape index (κ1) is 10.0. The molecule has 0 spiro atoms. The minimum absolute atomic E-state index is 0.232. The molecule has 0 heterocycles. The Morgan fingerprint density at radius 2 is 1.70 bits per heavy atom. The van der Waals surface area contributed by atoms with Crippen LogP contribution in [0.4, 0.5) is 0 Å². The SMILES string of the molecule is [CH2]C(C)(C)C(C)C(C)CC. The highest BCUT2D eigenvalue weighted by Gasteiger charge is 2.23. The third kappa shape index (κ3) is 2.72. The lowest BCUT2D eigenvalue weighted by atomic mass is 9.74. The van der Waals surface area contributed by atoms with E-state index in [1.165, 1.54) is 6.42 Å². The van der Waals surface area contributed by atoms with Crippen molar-refractivity contribution in [2.45, 2.75) is 41.0 Å². The fourth-order valence-corrected chi connectivity index (χ4v) is 1.12. The molecule has 0 bridgehead atoms. The highest BCUT2D eigenvalue weighted by atomic mass is 14.3. The molecule has 0 amide bonds. The van der Waals surface area contributed by atoms with Gasteiger partial charge in [0.25, 0.3) is 0 Å². The molecule has 0 N–H and O–H groups in total. The lowest BCUT2D eigenvalue weighted by Crippen LogP contribution is -2.23. The molecule has 0 aliphatic carbocycles. The fraction of sp³-hybridized carbons (Fsp3) is 0.900. The third-order valence-electron chi connectivity index (χ3n) is 2.73. The van der Waals surface area contributed by atoms with Crippen LogP contribution in [0.2, 0.25) is 0 Å². The van der Waals surface area contributed by atoms with E-state index in [2.05, 4.69) is 41.5 Å². The Bertz CT molecular complexity index is 86.7. The fourth-order valence-electron chi connectivity index (χ4n) is 1.12. The second kappa shape index (κ2) is 3.41. The summed E-state index contributed by atoms with van der Waals surface area (Å²) in [7, 11) is 0. The van der Waals surface area contributed by atoms with Gasteiger partial charge < -0.3 is 0 Å². The number of hydrogen-bond acceptors (Lipinski definition) is 0. The van der Waals surface area contributed by atoms with Gasteiger partial charge in [0.2, 0.25) is 0 Å². The molecule has 0 saturated carbocycles. The molecule has 0 aliphatic heterocycles. The highest BCUT2D eigenvalue weighted by molar-refractivity contribution is 4.80. The Morgan fingerprint density at radius 1 is 1.30 bits per heavy atom. The van der Waals surface area contributed by atoms with Crippen molar-refractivity contribution in [1.29, 1.82) is 0 Å². The van der Waals surface area contributed by atoms with Crippen LogP contribution in [-0.2, 0) is 0 Å². The second-order valence-electron chi connectivity index (χ2n) is 4.16. The van der Waals surface area contributed by atoms with Gasteiger partial charge in [0.15, 0.2) is 0 Å². The van der Waals surface area contributed by atoms with Crippen LogP contribution in [0.15, 0.2) is 0 Å². The van der Waals surface area contributed by atoms with Crippen LogP contribution in [0.25, 0.3) is 0 Å². The standard InChI is InChI=1S/C10H21/c1-7-8(2)9(3)10(4,5)6/h8-9H,4,7H2,1-3,5-6H3. The molecule has 1 radical (unpaired) electrons. The number of hydrogen-bond donors (Lipinski definition) is 0. The Hall–Kier alpha value is 0. The monoisotopic (exact) mass is 141 g/mol. The molecule has 0 aromatic heterocycles. The van der Waals surface area contributed by atoms with Crippen molar-refractivity contribution in [3.8, 4) is 0 Å². The predicted molar refractivity (Wildman–Crippen MR) is 47.8 cm³/mol. The van der Waals surface area contributed by atoms with Crippen LogP contribution in [0.3, 0.4) is 0 Å². The van der Waals surface area contributed by atoms with Crippen LogP contribution in [-0.4, -0.2) is 0 Å². The van der Waals surface area contributed by atoms with Crippen LogP contribution in [0.5, 0.6) is 0 Å². The molecule has 0 aliphatic rings. The summed E-state index contributed by atoms with van der Waals surface area (Å²) in [6, 6.07) is 0. The zero-order valence-electron chi connectivity index (χ0n) is 8.07. The Balaban J connectivity index is 3.94. The van der Waals surface area contributed by atoms with Gasteiger partial charge in [-0.25, -0.2) is 0 Å². The maximum absolute atomic E-state index is 4.14. The lowest BCUT2D eigenvalue weighted by Gasteiger charge is -2.31. The summed E-state index contributed by atoms with van der Waals surface area (Å²) in [5.74, 6) is 1.52. The molecule has 0 aromatic carbocycles. The molecule has 0 rings (SSSR count). The highest BCUT2D eigenvalue weighted by Crippen LogP contribution is 2.32. The molecular formula is C10H21. The maximum Gasteiger partial charge on any atom is -0.0326 e. The van der Waals surface area contributed by atoms with Gasteiger partial charge in [-0.1, -0.05) is 41.0 Å². The number of rotatable bonds is 3. The Kier molecular flexibility index (Phi) is 3.41. The Morgan fingerprint density at radius 3 is 1.80 bits per heavy atom. The quantitative estimate of drug-likeness (QED) is 0.564. The molecular weight excluding hydrogens is 120 g/mol. The summed E-state index contributed by atoms with van der Waals surface area (Å²) < 4.78 is 0. The summed E-state index contributed by atoms with van der Waals surface area (Å²) >= 11 is 0. The van der Waals surface area contributed by atoms with Crippen LogP contribution in [0, 0.1) is 24.2 Å². The second-order valence-corrected chi connectivity index (χ2v) is 4.16. The van der Waals surface area contributed by atoms with Gasteiger partial charge in [-0.05, 0) is 24.2 Å². The van der Waals surface area contributed by atoms with E-state index in [0.717, 1.165) is 11.8 Å². The summed E-state index contributed by atoms with van der Waals surface area (Å²) in [5.41, 5.74) is 0.232. The van der Waals surface area contributed by atoms with E-state index >= 15 is 0 Å². The van der Waals surface area contributed by atoms with Crippen LogP contribution >= 0.6 is 0 Å². The first-order valence-corrected chi connectivity index (χ1v) is 4.25. The zero-order chi connectivity index (χ0) is 8.36. The first-order chi connectivity index (χ1) is 4.39. The minimum Gasteiger partial charge on any atom is -0.0651 e. The normalized spacial score (nSPS) is 18.6. The van der Waals surface area contributed by atoms with Crippen LogP contribution in [0.1, 0.15) is 41.0 Å². The molecule has 2 unspecified atom stereocenters. The van der Waals surface area contributed by atoms with Gasteiger partial charge in [-0.2, -0.15) is 0 Å². The molecule has 0 heteroatoms. The molecule has 0 saturated heterocycles. The van der Waals surface area contributed by atoms with Crippen molar-refractivity contribution in [2.75, 3.05) is 0 Å². The van der Waals surface area contributed by atoms with E-state index in [4.69, 9.17) is 0 Å². The van der Waals surface area contributed by atoms with E-state index in [1.54, 1.807) is 0 Å². The summed E-state index contributed by atoms with van der Waals surface area (Å²) in [6.07, 6.45) is 1.26. The molecule has 0 nitrogen and oxygen atoms in total. The van der Waals surface area contributed by atoms with Gasteiger partial charge in [0.05, 0.1) is 0 Å². The van der Waals surface area contributed by atoms with Gasteiger partial charge >= 0.3 is 0 Å². The van der Waals surface area contributed by atoms with Crippen molar-refractivity contribution in [2.24, 2.45) is 17.3 Å². The maximum atomic E-state index is 4.14. The minimum atomic E-state index is 0.232. The zero-order valence-corrected chi connectivity index (χ0v) is 8.07. The molecule has 0 fully saturated rings. The largest absolute Gasteiger partial charge is 0.0651 e.